The van der Waals surface area contributed by atoms with Crippen LogP contribution in [0.1, 0.15) is 57.9 Å². The van der Waals surface area contributed by atoms with Crippen LogP contribution in [0.25, 0.3) is 0 Å². The van der Waals surface area contributed by atoms with Crippen molar-refractivity contribution in [1.29, 1.82) is 0 Å². The van der Waals surface area contributed by atoms with Crippen molar-refractivity contribution in [2.75, 3.05) is 7.05 Å². The summed E-state index contributed by atoms with van der Waals surface area (Å²) < 4.78 is 0. The molecule has 20 heavy (non-hydrogen) atoms. The second-order valence-corrected chi connectivity index (χ2v) is 6.90. The first kappa shape index (κ1) is 13.8. The van der Waals surface area contributed by atoms with Crippen LogP contribution in [-0.2, 0) is 0 Å². The van der Waals surface area contributed by atoms with E-state index in [-0.39, 0.29) is 6.04 Å². The molecule has 1 aliphatic carbocycles. The summed E-state index contributed by atoms with van der Waals surface area (Å²) in [5.41, 5.74) is 4.13. The molecule has 106 valence electrons. The molecule has 0 aliphatic heterocycles. The van der Waals surface area contributed by atoms with Crippen molar-refractivity contribution >= 4 is 11.3 Å². The second kappa shape index (κ2) is 5.66. The maximum absolute atomic E-state index is 4.59. The van der Waals surface area contributed by atoms with Crippen LogP contribution in [0.3, 0.4) is 0 Å². The molecule has 2 nitrogen and oxygen atoms in total. The summed E-state index contributed by atoms with van der Waals surface area (Å²) in [6.07, 6.45) is 4.06. The molecule has 2 aromatic rings. The van der Waals surface area contributed by atoms with Gasteiger partial charge in [0.2, 0.25) is 0 Å². The molecule has 0 spiro atoms. The first-order chi connectivity index (χ1) is 9.70. The molecule has 1 N–H and O–H groups in total. The molecule has 3 rings (SSSR count). The molecule has 0 radical (unpaired) electrons. The van der Waals surface area contributed by atoms with Crippen molar-refractivity contribution in [3.63, 3.8) is 0 Å². The van der Waals surface area contributed by atoms with Crippen LogP contribution in [-0.4, -0.2) is 12.0 Å². The zero-order valence-corrected chi connectivity index (χ0v) is 13.3. The lowest BCUT2D eigenvalue weighted by atomic mass is 9.77. The van der Waals surface area contributed by atoms with Gasteiger partial charge in [-0.2, -0.15) is 0 Å². The summed E-state index contributed by atoms with van der Waals surface area (Å²) >= 11 is 1.81. The Balaban J connectivity index is 2.03. The molecular weight excluding hydrogens is 264 g/mol. The lowest BCUT2D eigenvalue weighted by Crippen LogP contribution is -2.21. The van der Waals surface area contributed by atoms with E-state index in [1.165, 1.54) is 35.3 Å². The van der Waals surface area contributed by atoms with Crippen LogP contribution < -0.4 is 5.32 Å². The molecule has 1 fully saturated rings. The van der Waals surface area contributed by atoms with Crippen molar-refractivity contribution in [3.8, 4) is 0 Å². The summed E-state index contributed by atoms with van der Waals surface area (Å²) in [6, 6.07) is 9.20. The normalized spacial score (nSPS) is 16.9. The molecule has 1 saturated carbocycles. The van der Waals surface area contributed by atoms with E-state index in [4.69, 9.17) is 0 Å². The lowest BCUT2D eigenvalue weighted by molar-refractivity contribution is 0.415. The first-order valence-electron chi connectivity index (χ1n) is 7.40. The average molecular weight is 286 g/mol. The van der Waals surface area contributed by atoms with E-state index in [1.54, 1.807) is 0 Å². The molecule has 1 heterocycles. The van der Waals surface area contributed by atoms with Crippen LogP contribution in [0, 0.1) is 13.8 Å². The third-order valence-corrected chi connectivity index (χ3v) is 5.48. The minimum atomic E-state index is 0.276. The molecular formula is C17H22N2S. The van der Waals surface area contributed by atoms with Gasteiger partial charge >= 0.3 is 0 Å². The van der Waals surface area contributed by atoms with Crippen molar-refractivity contribution < 1.29 is 0 Å². The Morgan fingerprint density at radius 1 is 1.25 bits per heavy atom. The maximum atomic E-state index is 4.59. The number of benzene rings is 1. The SMILES string of the molecule is CNC(c1ccccc1C1CCC1)c1sc(C)nc1C. The average Bonchev–Trinajstić information content (AvgIpc) is 2.70. The number of hydrogen-bond donors (Lipinski definition) is 1. The highest BCUT2D eigenvalue weighted by Crippen LogP contribution is 2.41. The number of hydrogen-bond acceptors (Lipinski definition) is 3. The number of nitrogens with zero attached hydrogens (tertiary/aromatic N) is 1. The van der Waals surface area contributed by atoms with Gasteiger partial charge in [0.05, 0.1) is 16.7 Å². The van der Waals surface area contributed by atoms with Gasteiger partial charge in [0.25, 0.3) is 0 Å². The monoisotopic (exact) mass is 286 g/mol. The quantitative estimate of drug-likeness (QED) is 0.904. The maximum Gasteiger partial charge on any atom is 0.0900 e. The standard InChI is InChI=1S/C17H22N2S/c1-11-17(20-12(2)19-11)16(18-3)15-10-5-4-9-14(15)13-7-6-8-13/h4-5,9-10,13,16,18H,6-8H2,1-3H3. The summed E-state index contributed by atoms with van der Waals surface area (Å²) in [4.78, 5) is 5.95. The molecule has 1 atom stereocenters. The van der Waals surface area contributed by atoms with Crippen LogP contribution in [0.15, 0.2) is 24.3 Å². The van der Waals surface area contributed by atoms with Gasteiger partial charge in [-0.3, -0.25) is 0 Å². The molecule has 1 aliphatic rings. The van der Waals surface area contributed by atoms with Gasteiger partial charge in [0, 0.05) is 4.88 Å². The topological polar surface area (TPSA) is 24.9 Å². The zero-order chi connectivity index (χ0) is 14.1. The summed E-state index contributed by atoms with van der Waals surface area (Å²) in [5, 5.41) is 4.65. The lowest BCUT2D eigenvalue weighted by Gasteiger charge is -2.30. The van der Waals surface area contributed by atoms with Crippen molar-refractivity contribution in [1.82, 2.24) is 10.3 Å². The van der Waals surface area contributed by atoms with E-state index in [0.29, 0.717) is 0 Å². The largest absolute Gasteiger partial charge is 0.309 e. The molecule has 1 aromatic carbocycles. The van der Waals surface area contributed by atoms with Crippen LogP contribution in [0.2, 0.25) is 0 Å². The fourth-order valence-corrected chi connectivity index (χ4v) is 4.16. The Morgan fingerprint density at radius 2 is 2.00 bits per heavy atom. The van der Waals surface area contributed by atoms with E-state index in [0.717, 1.165) is 16.6 Å². The molecule has 0 amide bonds. The summed E-state index contributed by atoms with van der Waals surface area (Å²) in [5.74, 6) is 0.761. The van der Waals surface area contributed by atoms with Crippen LogP contribution in [0.5, 0.6) is 0 Å². The highest BCUT2D eigenvalue weighted by Gasteiger charge is 2.26. The number of aromatic nitrogens is 1. The van der Waals surface area contributed by atoms with Crippen LogP contribution >= 0.6 is 11.3 Å². The molecule has 0 bridgehead atoms. The molecule has 0 saturated heterocycles. The predicted octanol–water partition coefficient (Wildman–Crippen LogP) is 4.34. The summed E-state index contributed by atoms with van der Waals surface area (Å²) in [7, 11) is 2.05. The van der Waals surface area contributed by atoms with E-state index >= 15 is 0 Å². The molecule has 1 aromatic heterocycles. The van der Waals surface area contributed by atoms with Gasteiger partial charge in [-0.25, -0.2) is 4.98 Å². The van der Waals surface area contributed by atoms with Crippen LogP contribution in [0.4, 0.5) is 0 Å². The van der Waals surface area contributed by atoms with Gasteiger partial charge in [0.15, 0.2) is 0 Å². The fourth-order valence-electron chi connectivity index (χ4n) is 3.11. The van der Waals surface area contributed by atoms with Crippen molar-refractivity contribution in [3.05, 3.63) is 51.0 Å². The van der Waals surface area contributed by atoms with Gasteiger partial charge in [0.1, 0.15) is 0 Å². The Bertz CT molecular complexity index is 599. The summed E-state index contributed by atoms with van der Waals surface area (Å²) in [6.45, 7) is 4.21. The fraction of sp³-hybridized carbons (Fsp3) is 0.471. The second-order valence-electron chi connectivity index (χ2n) is 5.66. The Kier molecular flexibility index (Phi) is 3.90. The van der Waals surface area contributed by atoms with E-state index in [9.17, 15) is 0 Å². The van der Waals surface area contributed by atoms with Crippen molar-refractivity contribution in [2.45, 2.75) is 45.1 Å². The van der Waals surface area contributed by atoms with E-state index < -0.39 is 0 Å². The Hall–Kier alpha value is -1.19. The first-order valence-corrected chi connectivity index (χ1v) is 8.22. The Morgan fingerprint density at radius 3 is 2.55 bits per heavy atom. The number of thiazole rings is 1. The van der Waals surface area contributed by atoms with E-state index in [2.05, 4.69) is 55.5 Å². The third-order valence-electron chi connectivity index (χ3n) is 4.34. The molecule has 1 unspecified atom stereocenters. The third kappa shape index (κ3) is 2.40. The van der Waals surface area contributed by atoms with Crippen molar-refractivity contribution in [2.24, 2.45) is 0 Å². The number of rotatable bonds is 4. The molecule has 3 heteroatoms. The number of aryl methyl sites for hydroxylation is 2. The highest BCUT2D eigenvalue weighted by atomic mass is 32.1. The zero-order valence-electron chi connectivity index (χ0n) is 12.4. The van der Waals surface area contributed by atoms with Gasteiger partial charge in [-0.1, -0.05) is 30.7 Å². The van der Waals surface area contributed by atoms with E-state index in [1.807, 2.05) is 11.3 Å². The van der Waals surface area contributed by atoms with Gasteiger partial charge in [-0.15, -0.1) is 11.3 Å². The highest BCUT2D eigenvalue weighted by molar-refractivity contribution is 7.11. The Labute approximate surface area is 125 Å². The smallest absolute Gasteiger partial charge is 0.0900 e. The minimum Gasteiger partial charge on any atom is -0.309 e. The minimum absolute atomic E-state index is 0.276. The predicted molar refractivity (Wildman–Crippen MR) is 85.5 cm³/mol. The van der Waals surface area contributed by atoms with Gasteiger partial charge in [-0.05, 0) is 50.8 Å². The number of nitrogens with one attached hydrogen (secondary N) is 1. The van der Waals surface area contributed by atoms with Gasteiger partial charge < -0.3 is 5.32 Å².